The van der Waals surface area contributed by atoms with Gasteiger partial charge in [0.05, 0.1) is 10.7 Å². The predicted molar refractivity (Wildman–Crippen MR) is 76.7 cm³/mol. The number of hydrogen-bond donors (Lipinski definition) is 0. The lowest BCUT2D eigenvalue weighted by Gasteiger charge is -2.37. The van der Waals surface area contributed by atoms with Crippen molar-refractivity contribution in [3.8, 4) is 0 Å². The molecule has 1 aliphatic rings. The van der Waals surface area contributed by atoms with E-state index < -0.39 is 0 Å². The Kier molecular flexibility index (Phi) is 4.28. The van der Waals surface area contributed by atoms with Gasteiger partial charge in [-0.2, -0.15) is 0 Å². The summed E-state index contributed by atoms with van der Waals surface area (Å²) in [5.41, 5.74) is 1.77. The second-order valence-electron chi connectivity index (χ2n) is 4.97. The zero-order chi connectivity index (χ0) is 13.1. The molecule has 3 heteroatoms. The van der Waals surface area contributed by atoms with Gasteiger partial charge in [-0.05, 0) is 50.8 Å². The van der Waals surface area contributed by atoms with Crippen LogP contribution >= 0.6 is 11.6 Å². The monoisotopic (exact) mass is 265 g/mol. The van der Waals surface area contributed by atoms with Crippen LogP contribution in [0.1, 0.15) is 49.9 Å². The largest absolute Gasteiger partial charge is 0.367 e. The molecule has 0 bridgehead atoms. The maximum absolute atomic E-state index is 11.3. The standard InChI is InChI=1S/C15H20ClNO/c1-3-13-6-4-5-9-17(13)15-8-7-12(11(2)18)10-14(15)16/h7-8,10,13H,3-6,9H2,1-2H3. The van der Waals surface area contributed by atoms with Gasteiger partial charge in [-0.25, -0.2) is 0 Å². The van der Waals surface area contributed by atoms with Gasteiger partial charge in [-0.15, -0.1) is 0 Å². The number of ketones is 1. The number of hydrogen-bond acceptors (Lipinski definition) is 2. The SMILES string of the molecule is CCC1CCCCN1c1ccc(C(C)=O)cc1Cl. The molecule has 1 aliphatic heterocycles. The van der Waals surface area contributed by atoms with Gasteiger partial charge < -0.3 is 4.90 Å². The van der Waals surface area contributed by atoms with E-state index in [4.69, 9.17) is 11.6 Å². The number of carbonyl (C=O) groups is 1. The van der Waals surface area contributed by atoms with Crippen molar-refractivity contribution in [1.82, 2.24) is 0 Å². The summed E-state index contributed by atoms with van der Waals surface area (Å²) in [7, 11) is 0. The highest BCUT2D eigenvalue weighted by molar-refractivity contribution is 6.33. The van der Waals surface area contributed by atoms with Crippen LogP contribution in [0.25, 0.3) is 0 Å². The molecule has 1 fully saturated rings. The van der Waals surface area contributed by atoms with Crippen molar-refractivity contribution < 1.29 is 4.79 Å². The van der Waals surface area contributed by atoms with Crippen molar-refractivity contribution >= 4 is 23.1 Å². The fourth-order valence-corrected chi connectivity index (χ4v) is 2.99. The molecule has 2 nitrogen and oxygen atoms in total. The molecule has 98 valence electrons. The van der Waals surface area contributed by atoms with E-state index >= 15 is 0 Å². The molecule has 1 atom stereocenters. The van der Waals surface area contributed by atoms with E-state index in [-0.39, 0.29) is 5.78 Å². The molecular formula is C15H20ClNO. The molecule has 0 aromatic heterocycles. The summed E-state index contributed by atoms with van der Waals surface area (Å²) in [6, 6.07) is 6.25. The van der Waals surface area contributed by atoms with Gasteiger partial charge in [0.2, 0.25) is 0 Å². The number of nitrogens with zero attached hydrogens (tertiary/aromatic N) is 1. The van der Waals surface area contributed by atoms with Crippen molar-refractivity contribution in [3.05, 3.63) is 28.8 Å². The fourth-order valence-electron chi connectivity index (χ4n) is 2.70. The Labute approximate surface area is 114 Å². The number of piperidine rings is 1. The van der Waals surface area contributed by atoms with Gasteiger partial charge in [-0.3, -0.25) is 4.79 Å². The van der Waals surface area contributed by atoms with E-state index in [1.54, 1.807) is 13.0 Å². The van der Waals surface area contributed by atoms with Crippen molar-refractivity contribution in [2.75, 3.05) is 11.4 Å². The minimum absolute atomic E-state index is 0.0640. The Morgan fingerprint density at radius 2 is 2.22 bits per heavy atom. The van der Waals surface area contributed by atoms with Gasteiger partial charge >= 0.3 is 0 Å². The van der Waals surface area contributed by atoms with Gasteiger partial charge in [-0.1, -0.05) is 18.5 Å². The second-order valence-corrected chi connectivity index (χ2v) is 5.38. The highest BCUT2D eigenvalue weighted by atomic mass is 35.5. The van der Waals surface area contributed by atoms with Crippen molar-refractivity contribution in [1.29, 1.82) is 0 Å². The third kappa shape index (κ3) is 2.69. The summed E-state index contributed by atoms with van der Waals surface area (Å²) in [4.78, 5) is 13.7. The summed E-state index contributed by atoms with van der Waals surface area (Å²) < 4.78 is 0. The van der Waals surface area contributed by atoms with E-state index in [0.717, 1.165) is 18.7 Å². The number of Topliss-reactive ketones (excluding diaryl/α,β-unsaturated/α-hetero) is 1. The number of benzene rings is 1. The van der Waals surface area contributed by atoms with E-state index in [0.29, 0.717) is 16.6 Å². The fraction of sp³-hybridized carbons (Fsp3) is 0.533. The van der Waals surface area contributed by atoms with Crippen LogP contribution in [-0.4, -0.2) is 18.4 Å². The summed E-state index contributed by atoms with van der Waals surface area (Å²) in [6.45, 7) is 4.86. The van der Waals surface area contributed by atoms with Gasteiger partial charge in [0.25, 0.3) is 0 Å². The van der Waals surface area contributed by atoms with E-state index in [1.807, 2.05) is 12.1 Å². The Morgan fingerprint density at radius 3 is 2.83 bits per heavy atom. The zero-order valence-corrected chi connectivity index (χ0v) is 11.8. The Hall–Kier alpha value is -1.02. The maximum atomic E-state index is 11.3. The van der Waals surface area contributed by atoms with E-state index in [9.17, 15) is 4.79 Å². The quantitative estimate of drug-likeness (QED) is 0.759. The van der Waals surface area contributed by atoms with Crippen LogP contribution in [-0.2, 0) is 0 Å². The third-order valence-electron chi connectivity index (χ3n) is 3.76. The van der Waals surface area contributed by atoms with E-state index in [1.165, 1.54) is 19.3 Å². The molecule has 0 amide bonds. The van der Waals surface area contributed by atoms with E-state index in [2.05, 4.69) is 11.8 Å². The minimum atomic E-state index is 0.0640. The molecule has 1 unspecified atom stereocenters. The highest BCUT2D eigenvalue weighted by Gasteiger charge is 2.22. The molecule has 1 heterocycles. The van der Waals surface area contributed by atoms with Crippen LogP contribution in [0.4, 0.5) is 5.69 Å². The number of rotatable bonds is 3. The first-order valence-corrected chi connectivity index (χ1v) is 7.08. The molecule has 2 rings (SSSR count). The first-order chi connectivity index (χ1) is 8.63. The van der Waals surface area contributed by atoms with Crippen LogP contribution in [0.15, 0.2) is 18.2 Å². The maximum Gasteiger partial charge on any atom is 0.159 e. The normalized spacial score (nSPS) is 19.9. The number of carbonyl (C=O) groups excluding carboxylic acids is 1. The van der Waals surface area contributed by atoms with Crippen LogP contribution in [0.2, 0.25) is 5.02 Å². The lowest BCUT2D eigenvalue weighted by molar-refractivity contribution is 0.101. The Bertz CT molecular complexity index is 444. The van der Waals surface area contributed by atoms with Crippen LogP contribution in [0.3, 0.4) is 0 Å². The lowest BCUT2D eigenvalue weighted by atomic mass is 9.99. The van der Waals surface area contributed by atoms with Crippen molar-refractivity contribution in [2.24, 2.45) is 0 Å². The van der Waals surface area contributed by atoms with Gasteiger partial charge in [0, 0.05) is 18.2 Å². The van der Waals surface area contributed by atoms with Crippen LogP contribution in [0.5, 0.6) is 0 Å². The zero-order valence-electron chi connectivity index (χ0n) is 11.1. The molecule has 18 heavy (non-hydrogen) atoms. The minimum Gasteiger partial charge on any atom is -0.367 e. The third-order valence-corrected chi connectivity index (χ3v) is 4.06. The molecular weight excluding hydrogens is 246 g/mol. The summed E-state index contributed by atoms with van der Waals surface area (Å²) in [6.07, 6.45) is 4.91. The molecule has 1 aromatic rings. The summed E-state index contributed by atoms with van der Waals surface area (Å²) >= 11 is 6.34. The molecule has 0 spiro atoms. The first kappa shape index (κ1) is 13.4. The molecule has 0 N–H and O–H groups in total. The molecule has 1 saturated heterocycles. The Balaban J connectivity index is 2.29. The van der Waals surface area contributed by atoms with Crippen molar-refractivity contribution in [2.45, 2.75) is 45.6 Å². The van der Waals surface area contributed by atoms with Crippen molar-refractivity contribution in [3.63, 3.8) is 0 Å². The molecule has 0 radical (unpaired) electrons. The predicted octanol–water partition coefficient (Wildman–Crippen LogP) is 4.31. The molecule has 1 aromatic carbocycles. The van der Waals surface area contributed by atoms with Crippen LogP contribution in [0, 0.1) is 0 Å². The highest BCUT2D eigenvalue weighted by Crippen LogP contribution is 2.32. The average Bonchev–Trinajstić information content (AvgIpc) is 2.38. The van der Waals surface area contributed by atoms with Gasteiger partial charge in [0.15, 0.2) is 5.78 Å². The number of anilines is 1. The average molecular weight is 266 g/mol. The summed E-state index contributed by atoms with van der Waals surface area (Å²) in [5, 5.41) is 0.697. The Morgan fingerprint density at radius 1 is 1.44 bits per heavy atom. The molecule has 0 aliphatic carbocycles. The van der Waals surface area contributed by atoms with Gasteiger partial charge in [0.1, 0.15) is 0 Å². The molecule has 0 saturated carbocycles. The number of halogens is 1. The second kappa shape index (κ2) is 5.75. The topological polar surface area (TPSA) is 20.3 Å². The lowest BCUT2D eigenvalue weighted by Crippen LogP contribution is -2.39. The smallest absolute Gasteiger partial charge is 0.159 e. The summed E-state index contributed by atoms with van der Waals surface area (Å²) in [5.74, 6) is 0.0640. The van der Waals surface area contributed by atoms with Crippen LogP contribution < -0.4 is 4.90 Å². The first-order valence-electron chi connectivity index (χ1n) is 6.70.